The van der Waals surface area contributed by atoms with Crippen molar-refractivity contribution in [3.63, 3.8) is 0 Å². The predicted molar refractivity (Wildman–Crippen MR) is 58.8 cm³/mol. The van der Waals surface area contributed by atoms with E-state index >= 15 is 0 Å². The molecule has 0 aliphatic heterocycles. The summed E-state index contributed by atoms with van der Waals surface area (Å²) >= 11 is 9.20. The molecule has 2 aromatic rings. The van der Waals surface area contributed by atoms with Crippen LogP contribution in [-0.2, 0) is 4.57 Å². The SMILES string of the molecule is O=P([O-])([O-])On1ccc2c(Cl)c(Br)ccc21. The van der Waals surface area contributed by atoms with Crippen LogP contribution in [0.5, 0.6) is 0 Å². The third kappa shape index (κ3) is 2.26. The highest BCUT2D eigenvalue weighted by Gasteiger charge is 2.08. The van der Waals surface area contributed by atoms with Gasteiger partial charge in [0.2, 0.25) is 0 Å². The van der Waals surface area contributed by atoms with Gasteiger partial charge in [0.25, 0.3) is 0 Å². The van der Waals surface area contributed by atoms with Crippen molar-refractivity contribution < 1.29 is 19.0 Å². The Morgan fingerprint density at radius 2 is 2.06 bits per heavy atom. The summed E-state index contributed by atoms with van der Waals surface area (Å²) in [6.45, 7) is 0. The first-order chi connectivity index (χ1) is 7.38. The average Bonchev–Trinajstić information content (AvgIpc) is 2.53. The molecule has 16 heavy (non-hydrogen) atoms. The van der Waals surface area contributed by atoms with Crippen molar-refractivity contribution in [1.82, 2.24) is 4.73 Å². The second kappa shape index (κ2) is 4.05. The summed E-state index contributed by atoms with van der Waals surface area (Å²) < 4.78 is 16.3. The van der Waals surface area contributed by atoms with E-state index in [0.717, 1.165) is 4.73 Å². The number of nitrogens with zero attached hydrogens (tertiary/aromatic N) is 1. The summed E-state index contributed by atoms with van der Waals surface area (Å²) in [5.74, 6) is 0. The largest absolute Gasteiger partial charge is 0.778 e. The second-order valence-electron chi connectivity index (χ2n) is 2.96. The van der Waals surface area contributed by atoms with Crippen LogP contribution in [0.4, 0.5) is 0 Å². The molecule has 0 amide bonds. The molecule has 0 atom stereocenters. The summed E-state index contributed by atoms with van der Waals surface area (Å²) in [5, 5.41) is 1.01. The molecule has 0 saturated carbocycles. The summed E-state index contributed by atoms with van der Waals surface area (Å²) in [6, 6.07) is 4.77. The van der Waals surface area contributed by atoms with Crippen molar-refractivity contribution in [1.29, 1.82) is 0 Å². The molecule has 0 unspecified atom stereocenters. The number of halogens is 2. The monoisotopic (exact) mass is 323 g/mol. The Labute approximate surface area is 104 Å². The molecule has 86 valence electrons. The molecule has 0 aliphatic rings. The van der Waals surface area contributed by atoms with E-state index in [-0.39, 0.29) is 0 Å². The first-order valence-electron chi connectivity index (χ1n) is 4.06. The van der Waals surface area contributed by atoms with E-state index in [1.54, 1.807) is 18.2 Å². The van der Waals surface area contributed by atoms with Crippen LogP contribution in [0.15, 0.2) is 28.9 Å². The van der Waals surface area contributed by atoms with E-state index in [1.807, 2.05) is 0 Å². The summed E-state index contributed by atoms with van der Waals surface area (Å²) in [5.41, 5.74) is 0.403. The zero-order chi connectivity index (χ0) is 11.9. The quantitative estimate of drug-likeness (QED) is 0.781. The number of fused-ring (bicyclic) bond motifs is 1. The van der Waals surface area contributed by atoms with E-state index in [9.17, 15) is 14.4 Å². The zero-order valence-electron chi connectivity index (χ0n) is 7.59. The Morgan fingerprint density at radius 3 is 2.69 bits per heavy atom. The molecule has 0 aliphatic carbocycles. The van der Waals surface area contributed by atoms with Crippen molar-refractivity contribution in [3.05, 3.63) is 33.9 Å². The van der Waals surface area contributed by atoms with E-state index in [4.69, 9.17) is 11.6 Å². The van der Waals surface area contributed by atoms with Crippen LogP contribution in [0.1, 0.15) is 0 Å². The van der Waals surface area contributed by atoms with Gasteiger partial charge in [-0.2, -0.15) is 4.73 Å². The molecule has 0 saturated heterocycles. The highest BCUT2D eigenvalue weighted by Crippen LogP contribution is 2.32. The van der Waals surface area contributed by atoms with Crippen LogP contribution < -0.4 is 14.4 Å². The van der Waals surface area contributed by atoms with Gasteiger partial charge in [-0.25, -0.2) is 0 Å². The molecule has 1 heterocycles. The molecule has 0 radical (unpaired) electrons. The molecule has 2 rings (SSSR count). The number of rotatable bonds is 2. The predicted octanol–water partition coefficient (Wildman–Crippen LogP) is 1.31. The third-order valence-electron chi connectivity index (χ3n) is 1.91. The fourth-order valence-corrected chi connectivity index (χ4v) is 2.23. The lowest BCUT2D eigenvalue weighted by molar-refractivity contribution is -0.341. The molecular formula is C8H4BrClNO4P-2. The number of benzene rings is 1. The van der Waals surface area contributed by atoms with Gasteiger partial charge in [0, 0.05) is 16.1 Å². The Morgan fingerprint density at radius 1 is 1.38 bits per heavy atom. The van der Waals surface area contributed by atoms with Gasteiger partial charge in [0.1, 0.15) is 7.82 Å². The van der Waals surface area contributed by atoms with Gasteiger partial charge in [0.15, 0.2) is 0 Å². The van der Waals surface area contributed by atoms with Crippen molar-refractivity contribution in [2.24, 2.45) is 0 Å². The number of hydrogen-bond acceptors (Lipinski definition) is 4. The Hall–Kier alpha value is -0.520. The molecular weight excluding hydrogens is 320 g/mol. The van der Waals surface area contributed by atoms with Gasteiger partial charge in [-0.05, 0) is 34.1 Å². The minimum Gasteiger partial charge on any atom is -0.778 e. The van der Waals surface area contributed by atoms with Gasteiger partial charge < -0.3 is 19.0 Å². The summed E-state index contributed by atoms with van der Waals surface area (Å²) in [6.07, 6.45) is 1.31. The third-order valence-corrected chi connectivity index (χ3v) is 3.58. The van der Waals surface area contributed by atoms with E-state index < -0.39 is 7.82 Å². The lowest BCUT2D eigenvalue weighted by Gasteiger charge is -2.28. The lowest BCUT2D eigenvalue weighted by atomic mass is 10.2. The van der Waals surface area contributed by atoms with Crippen LogP contribution in [0.25, 0.3) is 10.9 Å². The lowest BCUT2D eigenvalue weighted by Crippen LogP contribution is -2.24. The van der Waals surface area contributed by atoms with Crippen molar-refractivity contribution >= 4 is 46.3 Å². The van der Waals surface area contributed by atoms with Crippen molar-refractivity contribution in [2.75, 3.05) is 0 Å². The first-order valence-corrected chi connectivity index (χ1v) is 6.69. The molecule has 5 nitrogen and oxygen atoms in total. The Kier molecular flexibility index (Phi) is 3.03. The summed E-state index contributed by atoms with van der Waals surface area (Å²) in [4.78, 5) is 21.0. The Balaban J connectivity index is 2.58. The highest BCUT2D eigenvalue weighted by molar-refractivity contribution is 9.10. The normalized spacial score (nSPS) is 12.0. The first kappa shape index (κ1) is 12.0. The molecule has 1 aromatic heterocycles. The molecule has 0 N–H and O–H groups in total. The molecule has 1 aromatic carbocycles. The standard InChI is InChI=1S/C8H6BrClNO4P/c9-6-1-2-7-5(8(6)10)3-4-11(7)15-16(12,13)14/h1-4H,(H2,12,13,14)/p-2. The van der Waals surface area contributed by atoms with Crippen molar-refractivity contribution in [3.8, 4) is 0 Å². The second-order valence-corrected chi connectivity index (χ2v) is 5.25. The van der Waals surface area contributed by atoms with Gasteiger partial charge in [-0.1, -0.05) is 11.6 Å². The van der Waals surface area contributed by atoms with Crippen LogP contribution in [0.2, 0.25) is 5.02 Å². The molecule has 8 heteroatoms. The van der Waals surface area contributed by atoms with Gasteiger partial charge in [0.05, 0.1) is 10.5 Å². The van der Waals surface area contributed by atoms with E-state index in [2.05, 4.69) is 20.6 Å². The molecule has 0 fully saturated rings. The van der Waals surface area contributed by atoms with Crippen molar-refractivity contribution in [2.45, 2.75) is 0 Å². The number of hydrogen-bond donors (Lipinski definition) is 0. The van der Waals surface area contributed by atoms with E-state index in [0.29, 0.717) is 20.4 Å². The maximum atomic E-state index is 10.5. The maximum absolute atomic E-state index is 10.5. The number of phosphoric acid groups is 1. The topological polar surface area (TPSA) is 77.3 Å². The van der Waals surface area contributed by atoms with Gasteiger partial charge in [-0.15, -0.1) is 0 Å². The van der Waals surface area contributed by atoms with Crippen LogP contribution >= 0.6 is 35.4 Å². The highest BCUT2D eigenvalue weighted by atomic mass is 79.9. The van der Waals surface area contributed by atoms with E-state index in [1.165, 1.54) is 6.20 Å². The van der Waals surface area contributed by atoms with Gasteiger partial charge in [-0.3, -0.25) is 0 Å². The maximum Gasteiger partial charge on any atom is 0.144 e. The Bertz CT molecular complexity index is 593. The van der Waals surface area contributed by atoms with Crippen LogP contribution in [0, 0.1) is 0 Å². The smallest absolute Gasteiger partial charge is 0.144 e. The zero-order valence-corrected chi connectivity index (χ0v) is 10.8. The fourth-order valence-electron chi connectivity index (χ4n) is 1.31. The summed E-state index contributed by atoms with van der Waals surface area (Å²) in [7, 11) is -5.08. The van der Waals surface area contributed by atoms with Gasteiger partial charge >= 0.3 is 0 Å². The minimum atomic E-state index is -5.08. The fraction of sp³-hybridized carbons (Fsp3) is 0. The van der Waals surface area contributed by atoms with Crippen LogP contribution in [0.3, 0.4) is 0 Å². The average molecular weight is 324 g/mol. The number of aromatic nitrogens is 1. The molecule has 0 spiro atoms. The molecule has 0 bridgehead atoms. The van der Waals surface area contributed by atoms with Crippen LogP contribution in [-0.4, -0.2) is 4.73 Å². The minimum absolute atomic E-state index is 0.403.